The fourth-order valence-corrected chi connectivity index (χ4v) is 6.36. The van der Waals surface area contributed by atoms with Crippen molar-refractivity contribution in [3.63, 3.8) is 0 Å². The van der Waals surface area contributed by atoms with Crippen molar-refractivity contribution in [3.05, 3.63) is 81.4 Å². The molecule has 1 aromatic heterocycles. The summed E-state index contributed by atoms with van der Waals surface area (Å²) in [5, 5.41) is 21.7. The number of aromatic nitrogens is 3. The van der Waals surface area contributed by atoms with Crippen LogP contribution in [-0.2, 0) is 23.1 Å². The van der Waals surface area contributed by atoms with Gasteiger partial charge in [0, 0.05) is 23.7 Å². The highest BCUT2D eigenvalue weighted by Gasteiger charge is 2.45. The number of hydrogen-bond acceptors (Lipinski definition) is 7. The number of H-pyrrole nitrogens is 1. The van der Waals surface area contributed by atoms with Crippen LogP contribution in [0.2, 0.25) is 0 Å². The lowest BCUT2D eigenvalue weighted by Crippen LogP contribution is -2.45. The Morgan fingerprint density at radius 2 is 1.71 bits per heavy atom. The lowest BCUT2D eigenvalue weighted by atomic mass is 9.67. The Morgan fingerprint density at radius 3 is 2.22 bits per heavy atom. The van der Waals surface area contributed by atoms with Gasteiger partial charge in [0.25, 0.3) is 0 Å². The smallest absolute Gasteiger partial charge is 0.248 e. The maximum Gasteiger partial charge on any atom is 0.248 e. The number of carbonyl (C=O) groups is 3. The van der Waals surface area contributed by atoms with Crippen LogP contribution in [0.5, 0.6) is 0 Å². The van der Waals surface area contributed by atoms with E-state index in [1.54, 1.807) is 17.0 Å². The third-order valence-electron chi connectivity index (χ3n) is 8.30. The van der Waals surface area contributed by atoms with E-state index in [-0.39, 0.29) is 24.5 Å². The number of hydrogen-bond donors (Lipinski definition) is 4. The molecule has 11 heteroatoms. The predicted molar refractivity (Wildman–Crippen MR) is 151 cm³/mol. The average Bonchev–Trinajstić information content (AvgIpc) is 3.60. The van der Waals surface area contributed by atoms with Crippen molar-refractivity contribution >= 4 is 17.7 Å². The van der Waals surface area contributed by atoms with E-state index in [1.165, 1.54) is 0 Å². The van der Waals surface area contributed by atoms with Gasteiger partial charge in [0.2, 0.25) is 17.7 Å². The first-order chi connectivity index (χ1) is 19.6. The van der Waals surface area contributed by atoms with Gasteiger partial charge < -0.3 is 26.7 Å². The Balaban J connectivity index is 1.61. The first kappa shape index (κ1) is 28.0. The zero-order valence-electron chi connectivity index (χ0n) is 23.2. The van der Waals surface area contributed by atoms with E-state index < -0.39 is 17.2 Å². The Hall–Kier alpha value is -4.56. The fourth-order valence-electron chi connectivity index (χ4n) is 6.36. The minimum absolute atomic E-state index is 0.0891. The van der Waals surface area contributed by atoms with Crippen LogP contribution in [0.15, 0.2) is 36.4 Å². The minimum Gasteiger partial charge on any atom is -0.366 e. The second kappa shape index (κ2) is 11.1. The van der Waals surface area contributed by atoms with Crippen molar-refractivity contribution in [1.82, 2.24) is 25.4 Å². The van der Waals surface area contributed by atoms with Crippen LogP contribution < -0.4 is 16.8 Å². The first-order valence-electron chi connectivity index (χ1n) is 13.8. The van der Waals surface area contributed by atoms with Crippen LogP contribution in [0.3, 0.4) is 0 Å². The van der Waals surface area contributed by atoms with Crippen LogP contribution in [0.1, 0.15) is 80.8 Å². The topological polar surface area (TPSA) is 184 Å². The molecule has 11 nitrogen and oxygen atoms in total. The molecule has 2 aromatic carbocycles. The molecule has 2 atom stereocenters. The molecule has 41 heavy (non-hydrogen) atoms. The first-order valence-corrected chi connectivity index (χ1v) is 13.8. The maximum absolute atomic E-state index is 13.0. The summed E-state index contributed by atoms with van der Waals surface area (Å²) in [7, 11) is 0. The van der Waals surface area contributed by atoms with Crippen molar-refractivity contribution in [2.45, 2.75) is 63.5 Å². The van der Waals surface area contributed by atoms with Crippen LogP contribution in [0, 0.1) is 18.3 Å². The van der Waals surface area contributed by atoms with Gasteiger partial charge in [0.05, 0.1) is 18.0 Å². The number of nitriles is 1. The number of carbonyl (C=O) groups excluding carboxylic acids is 3. The molecule has 6 N–H and O–H groups in total. The summed E-state index contributed by atoms with van der Waals surface area (Å²) in [4.78, 5) is 42.2. The predicted octanol–water partition coefficient (Wildman–Crippen LogP) is 1.63. The average molecular weight is 555 g/mol. The molecule has 1 fully saturated rings. The highest BCUT2D eigenvalue weighted by molar-refractivity contribution is 5.94. The van der Waals surface area contributed by atoms with E-state index in [0.717, 1.165) is 28.7 Å². The normalized spacial score (nSPS) is 18.1. The van der Waals surface area contributed by atoms with Gasteiger partial charge in [0.15, 0.2) is 0 Å². The van der Waals surface area contributed by atoms with Gasteiger partial charge in [-0.25, -0.2) is 0 Å². The summed E-state index contributed by atoms with van der Waals surface area (Å²) in [5.41, 5.74) is 15.0. The summed E-state index contributed by atoms with van der Waals surface area (Å²) in [5.74, 6) is 0.115. The monoisotopic (exact) mass is 554 g/mol. The fraction of sp³-hybridized carbons (Fsp3) is 0.400. The van der Waals surface area contributed by atoms with E-state index in [2.05, 4.69) is 26.6 Å². The molecule has 0 spiro atoms. The summed E-state index contributed by atoms with van der Waals surface area (Å²) < 4.78 is 0. The Kier molecular flexibility index (Phi) is 7.60. The number of nitrogens with one attached hydrogen (secondary N) is 2. The summed E-state index contributed by atoms with van der Waals surface area (Å²) in [6.45, 7) is 4.51. The van der Waals surface area contributed by atoms with Crippen molar-refractivity contribution in [3.8, 4) is 6.07 Å². The summed E-state index contributed by atoms with van der Waals surface area (Å²) >= 11 is 0. The standard InChI is InChI=1S/C30H34N8O3/c1-17(34-16-26(39)38-11-3-4-23(38)15-31)14-30(29-35-18(2)36-37-29)24-9-7-21(27(32)40)12-19(24)5-6-20-13-22(28(33)41)8-10-25(20)30/h7-10,12-13,17,23,34H,3-6,11,14,16H2,1-2H3,(H2,32,40)(H2,33,41)(H,35,36,37)/t17-,23?/m0/s1. The van der Waals surface area contributed by atoms with E-state index in [0.29, 0.717) is 55.0 Å². The number of rotatable bonds is 8. The highest BCUT2D eigenvalue weighted by Crippen LogP contribution is 2.47. The molecule has 3 amide bonds. The van der Waals surface area contributed by atoms with Gasteiger partial charge in [0.1, 0.15) is 17.7 Å². The second-order valence-corrected chi connectivity index (χ2v) is 11.0. The van der Waals surface area contributed by atoms with Gasteiger partial charge in [-0.2, -0.15) is 5.26 Å². The Morgan fingerprint density at radius 1 is 1.10 bits per heavy atom. The van der Waals surface area contributed by atoms with Crippen molar-refractivity contribution in [1.29, 1.82) is 5.26 Å². The molecule has 1 unspecified atom stereocenters. The molecule has 1 aliphatic heterocycles. The molecular formula is C30H34N8O3. The maximum atomic E-state index is 13.0. The van der Waals surface area contributed by atoms with Gasteiger partial charge >= 0.3 is 0 Å². The van der Waals surface area contributed by atoms with Crippen molar-refractivity contribution in [2.75, 3.05) is 13.1 Å². The lowest BCUT2D eigenvalue weighted by molar-refractivity contribution is -0.130. The molecule has 5 rings (SSSR count). The Bertz CT molecular complexity index is 1490. The number of amides is 3. The number of benzene rings is 2. The van der Waals surface area contributed by atoms with Crippen LogP contribution in [-0.4, -0.2) is 63.0 Å². The highest BCUT2D eigenvalue weighted by atomic mass is 16.2. The summed E-state index contributed by atoms with van der Waals surface area (Å²) in [6.07, 6.45) is 3.20. The zero-order chi connectivity index (χ0) is 29.3. The third kappa shape index (κ3) is 5.18. The molecule has 1 aliphatic carbocycles. The largest absolute Gasteiger partial charge is 0.366 e. The van der Waals surface area contributed by atoms with Crippen LogP contribution in [0.4, 0.5) is 0 Å². The van der Waals surface area contributed by atoms with Gasteiger partial charge in [-0.1, -0.05) is 12.1 Å². The summed E-state index contributed by atoms with van der Waals surface area (Å²) in [6, 6.07) is 12.6. The number of fused-ring (bicyclic) bond motifs is 2. The van der Waals surface area contributed by atoms with Crippen LogP contribution >= 0.6 is 0 Å². The zero-order valence-corrected chi connectivity index (χ0v) is 23.2. The number of likely N-dealkylation sites (tertiary alicyclic amines) is 1. The molecule has 2 aliphatic rings. The quantitative estimate of drug-likeness (QED) is 0.326. The molecular weight excluding hydrogens is 520 g/mol. The molecule has 0 bridgehead atoms. The van der Waals surface area contributed by atoms with E-state index in [9.17, 15) is 19.6 Å². The molecule has 2 heterocycles. The van der Waals surface area contributed by atoms with E-state index in [1.807, 2.05) is 38.1 Å². The second-order valence-electron chi connectivity index (χ2n) is 11.0. The molecule has 0 saturated carbocycles. The number of primary amides is 2. The molecule has 3 aromatic rings. The van der Waals surface area contributed by atoms with Crippen LogP contribution in [0.25, 0.3) is 0 Å². The minimum atomic E-state index is -0.868. The molecule has 0 radical (unpaired) electrons. The molecule has 212 valence electrons. The molecule has 1 saturated heterocycles. The van der Waals surface area contributed by atoms with Crippen molar-refractivity contribution in [2.24, 2.45) is 11.5 Å². The number of nitrogens with two attached hydrogens (primary N) is 2. The van der Waals surface area contributed by atoms with Crippen molar-refractivity contribution < 1.29 is 14.4 Å². The lowest BCUT2D eigenvalue weighted by Gasteiger charge is -2.37. The third-order valence-corrected chi connectivity index (χ3v) is 8.30. The Labute approximate surface area is 238 Å². The van der Waals surface area contributed by atoms with Gasteiger partial charge in [-0.3, -0.25) is 14.4 Å². The number of aryl methyl sites for hydroxylation is 3. The van der Waals surface area contributed by atoms with Gasteiger partial charge in [-0.05, 0) is 92.5 Å². The van der Waals surface area contributed by atoms with E-state index in [4.69, 9.17) is 11.5 Å². The van der Waals surface area contributed by atoms with E-state index >= 15 is 0 Å². The van der Waals surface area contributed by atoms with Gasteiger partial charge in [-0.15, -0.1) is 10.2 Å². The number of nitrogens with zero attached hydrogens (tertiary/aromatic N) is 4. The number of aromatic amines is 1. The SMILES string of the molecule is Cc1nnc(C2(C[C@H](C)NCC(=O)N3CCCC3C#N)c3ccc(C(N)=O)cc3CCc3cc(C(N)=O)ccc32)[nH]1.